The Morgan fingerprint density at radius 1 is 1.20 bits per heavy atom. The normalized spacial score (nSPS) is 11.1. The van der Waals surface area contributed by atoms with Gasteiger partial charge >= 0.3 is 0 Å². The first-order valence-electron chi connectivity index (χ1n) is 5.68. The molecule has 0 N–H and O–H groups in total. The van der Waals surface area contributed by atoms with Gasteiger partial charge in [-0.3, -0.25) is 0 Å². The minimum Gasteiger partial charge on any atom is -0.237 e. The molecule has 0 radical (unpaired) electrons. The van der Waals surface area contributed by atoms with E-state index < -0.39 is 0 Å². The lowest BCUT2D eigenvalue weighted by Gasteiger charge is -1.98. The number of hydrogen-bond acceptors (Lipinski definition) is 2. The van der Waals surface area contributed by atoms with E-state index in [1.807, 2.05) is 23.0 Å². The van der Waals surface area contributed by atoms with Crippen molar-refractivity contribution in [2.75, 3.05) is 0 Å². The average molecular weight is 203 g/mol. The van der Waals surface area contributed by atoms with Crippen molar-refractivity contribution in [3.63, 3.8) is 0 Å². The monoisotopic (exact) mass is 203 g/mol. The van der Waals surface area contributed by atoms with Crippen LogP contribution in [0, 0.1) is 0 Å². The summed E-state index contributed by atoms with van der Waals surface area (Å²) in [6, 6.07) is 1.92. The Morgan fingerprint density at radius 3 is 2.73 bits per heavy atom. The lowest BCUT2D eigenvalue weighted by molar-refractivity contribution is 0.817. The summed E-state index contributed by atoms with van der Waals surface area (Å²) in [5.41, 5.74) is 3.58. The maximum atomic E-state index is 4.58. The molecule has 0 bridgehead atoms. The summed E-state index contributed by atoms with van der Waals surface area (Å²) < 4.78 is 1.90. The molecule has 0 aliphatic rings. The van der Waals surface area contributed by atoms with Crippen molar-refractivity contribution in [1.82, 2.24) is 14.6 Å². The molecule has 0 aliphatic carbocycles. The third kappa shape index (κ3) is 1.87. The van der Waals surface area contributed by atoms with Crippen LogP contribution in [-0.4, -0.2) is 14.6 Å². The van der Waals surface area contributed by atoms with E-state index in [1.165, 1.54) is 11.3 Å². The zero-order valence-corrected chi connectivity index (χ0v) is 9.40. The largest absolute Gasteiger partial charge is 0.237 e. The molecule has 3 heteroatoms. The van der Waals surface area contributed by atoms with Crippen LogP contribution in [0.3, 0.4) is 0 Å². The van der Waals surface area contributed by atoms with E-state index in [-0.39, 0.29) is 0 Å². The van der Waals surface area contributed by atoms with Gasteiger partial charge in [-0.25, -0.2) is 9.50 Å². The lowest BCUT2D eigenvalue weighted by atomic mass is 10.1. The van der Waals surface area contributed by atoms with E-state index in [1.54, 1.807) is 0 Å². The topological polar surface area (TPSA) is 30.2 Å². The molecule has 0 aliphatic heterocycles. The first-order chi connectivity index (χ1) is 7.36. The van der Waals surface area contributed by atoms with E-state index >= 15 is 0 Å². The van der Waals surface area contributed by atoms with Crippen LogP contribution in [0.25, 0.3) is 5.65 Å². The summed E-state index contributed by atoms with van der Waals surface area (Å²) in [5, 5.41) is 4.58. The molecule has 0 atom stereocenters. The second-order valence-corrected chi connectivity index (χ2v) is 3.81. The van der Waals surface area contributed by atoms with E-state index in [2.05, 4.69) is 23.9 Å². The van der Waals surface area contributed by atoms with Crippen molar-refractivity contribution in [3.05, 3.63) is 29.7 Å². The SMILES string of the molecule is CCCc1nn2cccnc2c1CCC. The zero-order chi connectivity index (χ0) is 10.7. The van der Waals surface area contributed by atoms with Gasteiger partial charge in [-0.15, -0.1) is 0 Å². The first kappa shape index (κ1) is 10.1. The third-order valence-corrected chi connectivity index (χ3v) is 2.56. The van der Waals surface area contributed by atoms with Gasteiger partial charge in [-0.05, 0) is 18.9 Å². The molecule has 0 unspecified atom stereocenters. The number of hydrogen-bond donors (Lipinski definition) is 0. The second kappa shape index (κ2) is 4.43. The van der Waals surface area contributed by atoms with Gasteiger partial charge in [0.05, 0.1) is 5.69 Å². The molecular formula is C12H17N3. The molecule has 0 amide bonds. The first-order valence-corrected chi connectivity index (χ1v) is 5.68. The summed E-state index contributed by atoms with van der Waals surface area (Å²) in [5.74, 6) is 0. The van der Waals surface area contributed by atoms with Gasteiger partial charge in [0, 0.05) is 18.0 Å². The van der Waals surface area contributed by atoms with Crippen molar-refractivity contribution in [2.24, 2.45) is 0 Å². The Hall–Kier alpha value is -1.38. The summed E-state index contributed by atoms with van der Waals surface area (Å²) in [4.78, 5) is 4.40. The quantitative estimate of drug-likeness (QED) is 0.764. The standard InChI is InChI=1S/C12H17N3/c1-3-6-10-11(7-4-2)14-15-9-5-8-13-12(10)15/h5,8-9H,3-4,6-7H2,1-2H3. The summed E-state index contributed by atoms with van der Waals surface area (Å²) in [6.07, 6.45) is 8.23. The van der Waals surface area contributed by atoms with Crippen LogP contribution >= 0.6 is 0 Å². The summed E-state index contributed by atoms with van der Waals surface area (Å²) in [6.45, 7) is 4.38. The summed E-state index contributed by atoms with van der Waals surface area (Å²) in [7, 11) is 0. The molecule has 3 nitrogen and oxygen atoms in total. The molecule has 0 fully saturated rings. The van der Waals surface area contributed by atoms with E-state index in [9.17, 15) is 0 Å². The molecule has 80 valence electrons. The number of nitrogens with zero attached hydrogens (tertiary/aromatic N) is 3. The molecule has 2 rings (SSSR count). The fraction of sp³-hybridized carbons (Fsp3) is 0.500. The number of fused-ring (bicyclic) bond motifs is 1. The Labute approximate surface area is 90.1 Å². The lowest BCUT2D eigenvalue weighted by Crippen LogP contribution is -1.91. The van der Waals surface area contributed by atoms with Crippen LogP contribution < -0.4 is 0 Å². The van der Waals surface area contributed by atoms with Gasteiger partial charge in [0.15, 0.2) is 5.65 Å². The van der Waals surface area contributed by atoms with Crippen LogP contribution in [0.1, 0.15) is 37.9 Å². The van der Waals surface area contributed by atoms with Crippen molar-refractivity contribution >= 4 is 5.65 Å². The third-order valence-electron chi connectivity index (χ3n) is 2.56. The molecule has 2 aromatic rings. The van der Waals surface area contributed by atoms with Crippen LogP contribution in [-0.2, 0) is 12.8 Å². The minimum atomic E-state index is 1.03. The van der Waals surface area contributed by atoms with Gasteiger partial charge in [-0.2, -0.15) is 5.10 Å². The van der Waals surface area contributed by atoms with E-state index in [4.69, 9.17) is 0 Å². The van der Waals surface area contributed by atoms with Gasteiger partial charge in [0.25, 0.3) is 0 Å². The number of aryl methyl sites for hydroxylation is 2. The Balaban J connectivity index is 2.53. The molecule has 0 aromatic carbocycles. The highest BCUT2D eigenvalue weighted by atomic mass is 15.2. The molecular weight excluding hydrogens is 186 g/mol. The summed E-state index contributed by atoms with van der Waals surface area (Å²) >= 11 is 0. The van der Waals surface area contributed by atoms with Crippen molar-refractivity contribution in [3.8, 4) is 0 Å². The van der Waals surface area contributed by atoms with Gasteiger partial charge in [0.2, 0.25) is 0 Å². The maximum Gasteiger partial charge on any atom is 0.158 e. The van der Waals surface area contributed by atoms with Crippen molar-refractivity contribution in [1.29, 1.82) is 0 Å². The van der Waals surface area contributed by atoms with E-state index in [0.29, 0.717) is 0 Å². The predicted octanol–water partition coefficient (Wildman–Crippen LogP) is 2.63. The number of aromatic nitrogens is 3. The van der Waals surface area contributed by atoms with Gasteiger partial charge in [0.1, 0.15) is 0 Å². The van der Waals surface area contributed by atoms with Crippen LogP contribution in [0.15, 0.2) is 18.5 Å². The molecule has 0 saturated heterocycles. The molecule has 0 saturated carbocycles. The fourth-order valence-electron chi connectivity index (χ4n) is 1.92. The molecule has 0 spiro atoms. The average Bonchev–Trinajstić information content (AvgIpc) is 2.59. The Bertz CT molecular complexity index is 445. The molecule has 15 heavy (non-hydrogen) atoms. The minimum absolute atomic E-state index is 1.03. The Kier molecular flexibility index (Phi) is 2.99. The van der Waals surface area contributed by atoms with E-state index in [0.717, 1.165) is 31.3 Å². The number of rotatable bonds is 4. The highest BCUT2D eigenvalue weighted by Crippen LogP contribution is 2.16. The maximum absolute atomic E-state index is 4.58. The highest BCUT2D eigenvalue weighted by Gasteiger charge is 2.11. The van der Waals surface area contributed by atoms with Gasteiger partial charge in [-0.1, -0.05) is 26.7 Å². The fourth-order valence-corrected chi connectivity index (χ4v) is 1.92. The molecule has 2 aromatic heterocycles. The second-order valence-electron chi connectivity index (χ2n) is 3.81. The van der Waals surface area contributed by atoms with Crippen LogP contribution in [0.5, 0.6) is 0 Å². The van der Waals surface area contributed by atoms with Gasteiger partial charge < -0.3 is 0 Å². The smallest absolute Gasteiger partial charge is 0.158 e. The molecule has 2 heterocycles. The van der Waals surface area contributed by atoms with Crippen molar-refractivity contribution in [2.45, 2.75) is 39.5 Å². The van der Waals surface area contributed by atoms with Crippen LogP contribution in [0.2, 0.25) is 0 Å². The van der Waals surface area contributed by atoms with Crippen molar-refractivity contribution < 1.29 is 0 Å². The highest BCUT2D eigenvalue weighted by molar-refractivity contribution is 5.49. The predicted molar refractivity (Wildman–Crippen MR) is 61.0 cm³/mol. The van der Waals surface area contributed by atoms with Crippen LogP contribution in [0.4, 0.5) is 0 Å². The zero-order valence-electron chi connectivity index (χ0n) is 9.40. The Morgan fingerprint density at radius 2 is 2.00 bits per heavy atom.